The second kappa shape index (κ2) is 3.96. The van der Waals surface area contributed by atoms with Crippen molar-refractivity contribution in [1.29, 1.82) is 0 Å². The number of hydrogen-bond donors (Lipinski definition) is 1. The number of hydrogen-bond acceptors (Lipinski definition) is 2. The number of aromatic amines is 1. The third-order valence-electron chi connectivity index (χ3n) is 3.05. The van der Waals surface area contributed by atoms with E-state index in [4.69, 9.17) is 23.8 Å². The molecule has 0 radical (unpaired) electrons. The highest BCUT2D eigenvalue weighted by Crippen LogP contribution is 2.39. The van der Waals surface area contributed by atoms with E-state index in [1.807, 2.05) is 29.7 Å². The van der Waals surface area contributed by atoms with Gasteiger partial charge in [-0.15, -0.1) is 0 Å². The van der Waals surface area contributed by atoms with Crippen LogP contribution in [0.1, 0.15) is 30.1 Å². The molecule has 1 aliphatic rings. The van der Waals surface area contributed by atoms with Crippen molar-refractivity contribution in [2.24, 2.45) is 0 Å². The van der Waals surface area contributed by atoms with Gasteiger partial charge < -0.3 is 0 Å². The van der Waals surface area contributed by atoms with Crippen LogP contribution < -0.4 is 0 Å². The summed E-state index contributed by atoms with van der Waals surface area (Å²) in [6.45, 7) is 1.99. The van der Waals surface area contributed by atoms with Gasteiger partial charge in [0.15, 0.2) is 4.77 Å². The Kier molecular flexibility index (Phi) is 2.56. The van der Waals surface area contributed by atoms with E-state index in [1.165, 1.54) is 12.8 Å². The van der Waals surface area contributed by atoms with Crippen LogP contribution in [0.15, 0.2) is 18.2 Å². The fourth-order valence-electron chi connectivity index (χ4n) is 1.89. The lowest BCUT2D eigenvalue weighted by Gasteiger charge is -2.07. The monoisotopic (exact) mass is 265 g/mol. The largest absolute Gasteiger partial charge is 0.272 e. The zero-order valence-electron chi connectivity index (χ0n) is 9.40. The molecule has 3 nitrogen and oxygen atoms in total. The first-order chi connectivity index (χ1) is 8.16. The maximum atomic E-state index is 6.15. The van der Waals surface area contributed by atoms with Crippen LogP contribution in [-0.4, -0.2) is 14.8 Å². The number of H-pyrrole nitrogens is 1. The van der Waals surface area contributed by atoms with Gasteiger partial charge in [0.25, 0.3) is 0 Å². The fraction of sp³-hybridized carbons (Fsp3) is 0.333. The second-order valence-electron chi connectivity index (χ2n) is 4.43. The molecule has 0 unspecified atom stereocenters. The third kappa shape index (κ3) is 1.91. The Morgan fingerprint density at radius 3 is 2.88 bits per heavy atom. The van der Waals surface area contributed by atoms with Gasteiger partial charge in [0, 0.05) is 10.9 Å². The average molecular weight is 266 g/mol. The minimum atomic E-state index is 0.544. The molecule has 0 amide bonds. The summed E-state index contributed by atoms with van der Waals surface area (Å²) in [6.07, 6.45) is 2.39. The lowest BCUT2D eigenvalue weighted by atomic mass is 10.2. The van der Waals surface area contributed by atoms with E-state index in [1.54, 1.807) is 0 Å². The van der Waals surface area contributed by atoms with Crippen molar-refractivity contribution in [3.8, 4) is 5.69 Å². The fourth-order valence-corrected chi connectivity index (χ4v) is 2.31. The van der Waals surface area contributed by atoms with Gasteiger partial charge >= 0.3 is 0 Å². The quantitative estimate of drug-likeness (QED) is 0.839. The highest BCUT2D eigenvalue weighted by Gasteiger charge is 2.29. The number of nitrogens with one attached hydrogen (secondary N) is 1. The van der Waals surface area contributed by atoms with Gasteiger partial charge in [-0.25, -0.2) is 0 Å². The lowest BCUT2D eigenvalue weighted by Crippen LogP contribution is -2.00. The molecule has 3 rings (SSSR count). The Labute approximate surface area is 109 Å². The van der Waals surface area contributed by atoms with Gasteiger partial charge in [0.05, 0.1) is 5.69 Å². The van der Waals surface area contributed by atoms with Crippen molar-refractivity contribution >= 4 is 23.8 Å². The zero-order valence-corrected chi connectivity index (χ0v) is 11.0. The molecule has 1 heterocycles. The lowest BCUT2D eigenvalue weighted by molar-refractivity contribution is 0.868. The summed E-state index contributed by atoms with van der Waals surface area (Å²) in [4.78, 5) is 0. The van der Waals surface area contributed by atoms with Gasteiger partial charge in [-0.05, 0) is 49.7 Å². The summed E-state index contributed by atoms with van der Waals surface area (Å²) < 4.78 is 2.62. The SMILES string of the molecule is Cc1ccc(-n2c(C3CC3)n[nH]c2=S)cc1Cl. The summed E-state index contributed by atoms with van der Waals surface area (Å²) in [7, 11) is 0. The molecule has 0 aliphatic heterocycles. The van der Waals surface area contributed by atoms with E-state index in [9.17, 15) is 0 Å². The van der Waals surface area contributed by atoms with Gasteiger partial charge in [0.2, 0.25) is 0 Å². The molecule has 17 heavy (non-hydrogen) atoms. The molecule has 1 aromatic carbocycles. The van der Waals surface area contributed by atoms with Crippen LogP contribution in [0.4, 0.5) is 0 Å². The van der Waals surface area contributed by atoms with Crippen LogP contribution >= 0.6 is 23.8 Å². The van der Waals surface area contributed by atoms with E-state index < -0.39 is 0 Å². The molecular formula is C12H12ClN3S. The molecule has 2 aromatic rings. The smallest absolute Gasteiger partial charge is 0.199 e. The molecule has 0 saturated heterocycles. The Morgan fingerprint density at radius 1 is 1.47 bits per heavy atom. The highest BCUT2D eigenvalue weighted by atomic mass is 35.5. The second-order valence-corrected chi connectivity index (χ2v) is 5.22. The predicted octanol–water partition coefficient (Wildman–Crippen LogP) is 3.77. The number of aromatic nitrogens is 3. The number of aryl methyl sites for hydroxylation is 1. The van der Waals surface area contributed by atoms with Gasteiger partial charge in [0.1, 0.15) is 5.82 Å². The Bertz CT molecular complexity index is 625. The van der Waals surface area contributed by atoms with Gasteiger partial charge in [-0.1, -0.05) is 17.7 Å². The standard InChI is InChI=1S/C12H12ClN3S/c1-7-2-5-9(6-10(7)13)16-11(8-3-4-8)14-15-12(16)17/h2,5-6,8H,3-4H2,1H3,(H,15,17). The minimum Gasteiger partial charge on any atom is -0.272 e. The molecular weight excluding hydrogens is 254 g/mol. The van der Waals surface area contributed by atoms with Crippen molar-refractivity contribution in [2.45, 2.75) is 25.7 Å². The summed E-state index contributed by atoms with van der Waals surface area (Å²) in [6, 6.07) is 5.97. The number of halogens is 1. The van der Waals surface area contributed by atoms with Crippen LogP contribution in [0, 0.1) is 11.7 Å². The Balaban J connectivity index is 2.17. The zero-order chi connectivity index (χ0) is 12.0. The third-order valence-corrected chi connectivity index (χ3v) is 3.74. The maximum Gasteiger partial charge on any atom is 0.199 e. The maximum absolute atomic E-state index is 6.15. The number of rotatable bonds is 2. The van der Waals surface area contributed by atoms with Crippen molar-refractivity contribution < 1.29 is 0 Å². The molecule has 1 aliphatic carbocycles. The molecule has 0 atom stereocenters. The predicted molar refractivity (Wildman–Crippen MR) is 70.5 cm³/mol. The van der Waals surface area contributed by atoms with Crippen molar-refractivity contribution in [1.82, 2.24) is 14.8 Å². The van der Waals surface area contributed by atoms with Crippen LogP contribution in [0.2, 0.25) is 5.02 Å². The highest BCUT2D eigenvalue weighted by molar-refractivity contribution is 7.71. The number of nitrogens with zero attached hydrogens (tertiary/aromatic N) is 2. The van der Waals surface area contributed by atoms with Crippen LogP contribution in [0.3, 0.4) is 0 Å². The van der Waals surface area contributed by atoms with Crippen LogP contribution in [0.25, 0.3) is 5.69 Å². The van der Waals surface area contributed by atoms with Gasteiger partial charge in [-0.3, -0.25) is 9.67 Å². The van der Waals surface area contributed by atoms with E-state index >= 15 is 0 Å². The van der Waals surface area contributed by atoms with Crippen LogP contribution in [0.5, 0.6) is 0 Å². The topological polar surface area (TPSA) is 33.6 Å². The summed E-state index contributed by atoms with van der Waals surface area (Å²) >= 11 is 11.4. The van der Waals surface area contributed by atoms with E-state index in [0.717, 1.165) is 22.1 Å². The Hall–Kier alpha value is -1.13. The molecule has 5 heteroatoms. The van der Waals surface area contributed by atoms with Crippen molar-refractivity contribution in [3.63, 3.8) is 0 Å². The molecule has 1 saturated carbocycles. The molecule has 1 N–H and O–H groups in total. The first kappa shape index (κ1) is 11.0. The summed E-state index contributed by atoms with van der Waals surface area (Å²) in [5.41, 5.74) is 2.06. The normalized spacial score (nSPS) is 15.2. The van der Waals surface area contributed by atoms with E-state index in [0.29, 0.717) is 10.7 Å². The van der Waals surface area contributed by atoms with E-state index in [2.05, 4.69) is 10.2 Å². The minimum absolute atomic E-state index is 0.544. The Morgan fingerprint density at radius 2 is 2.24 bits per heavy atom. The van der Waals surface area contributed by atoms with Gasteiger partial charge in [-0.2, -0.15) is 5.10 Å². The van der Waals surface area contributed by atoms with E-state index in [-0.39, 0.29) is 0 Å². The summed E-state index contributed by atoms with van der Waals surface area (Å²) in [5.74, 6) is 1.57. The number of benzene rings is 1. The average Bonchev–Trinajstić information content (AvgIpc) is 3.07. The molecule has 0 bridgehead atoms. The van der Waals surface area contributed by atoms with Crippen molar-refractivity contribution in [3.05, 3.63) is 39.4 Å². The first-order valence-corrected chi connectivity index (χ1v) is 6.39. The van der Waals surface area contributed by atoms with Crippen LogP contribution in [-0.2, 0) is 0 Å². The summed E-state index contributed by atoms with van der Waals surface area (Å²) in [5, 5.41) is 7.93. The first-order valence-electron chi connectivity index (χ1n) is 5.60. The molecule has 1 fully saturated rings. The molecule has 1 aromatic heterocycles. The molecule has 88 valence electrons. The van der Waals surface area contributed by atoms with Crippen molar-refractivity contribution in [2.75, 3.05) is 0 Å². The molecule has 0 spiro atoms.